The van der Waals surface area contributed by atoms with E-state index in [0.29, 0.717) is 0 Å². The maximum absolute atomic E-state index is 8.40. The summed E-state index contributed by atoms with van der Waals surface area (Å²) in [4.78, 5) is 50.4. The highest BCUT2D eigenvalue weighted by Crippen LogP contribution is 2.49. The monoisotopic (exact) mass is 206 g/mol. The summed E-state index contributed by atoms with van der Waals surface area (Å²) in [5.41, 5.74) is 0. The molecule has 0 bridgehead atoms. The molecule has 0 aromatic carbocycles. The first-order valence-corrected chi connectivity index (χ1v) is 6.50. The minimum absolute atomic E-state index is 0.0332. The van der Waals surface area contributed by atoms with Crippen LogP contribution in [0.15, 0.2) is 0 Å². The van der Waals surface area contributed by atoms with Crippen LogP contribution in [-0.4, -0.2) is 41.7 Å². The van der Waals surface area contributed by atoms with E-state index in [9.17, 15) is 0 Å². The van der Waals surface area contributed by atoms with Gasteiger partial charge in [-0.1, -0.05) is 0 Å². The SMILES string of the molecule is O[P+](O)(O)CCC[P+](O)(O)O. The van der Waals surface area contributed by atoms with Gasteiger partial charge in [-0.15, -0.1) is 0 Å². The van der Waals surface area contributed by atoms with E-state index in [2.05, 4.69) is 0 Å². The lowest BCUT2D eigenvalue weighted by molar-refractivity contribution is 0.323. The topological polar surface area (TPSA) is 121 Å². The highest BCUT2D eigenvalue weighted by atomic mass is 31.2. The Bertz CT molecular complexity index is 100.0. The Kier molecular flexibility index (Phi) is 4.26. The lowest BCUT2D eigenvalue weighted by atomic mass is 10.6. The minimum atomic E-state index is -3.82. The van der Waals surface area contributed by atoms with Gasteiger partial charge in [0, 0.05) is 6.42 Å². The van der Waals surface area contributed by atoms with Crippen LogP contribution < -0.4 is 0 Å². The third-order valence-corrected chi connectivity index (χ3v) is 2.75. The van der Waals surface area contributed by atoms with Gasteiger partial charge in [0.25, 0.3) is 0 Å². The lowest BCUT2D eigenvalue weighted by Gasteiger charge is -2.04. The first-order valence-electron chi connectivity index (χ1n) is 2.83. The summed E-state index contributed by atoms with van der Waals surface area (Å²) in [5, 5.41) is 0. The van der Waals surface area contributed by atoms with Crippen molar-refractivity contribution in [2.45, 2.75) is 6.42 Å². The Morgan fingerprint density at radius 3 is 1.09 bits per heavy atom. The van der Waals surface area contributed by atoms with Crippen LogP contribution >= 0.6 is 15.9 Å². The van der Waals surface area contributed by atoms with Gasteiger partial charge >= 0.3 is 15.9 Å². The summed E-state index contributed by atoms with van der Waals surface area (Å²) in [5.74, 6) is 0. The van der Waals surface area contributed by atoms with Crippen molar-refractivity contribution in [1.82, 2.24) is 0 Å². The van der Waals surface area contributed by atoms with Crippen molar-refractivity contribution in [2.24, 2.45) is 0 Å². The summed E-state index contributed by atoms with van der Waals surface area (Å²) in [6.45, 7) is 0. The first-order chi connectivity index (χ1) is 4.71. The van der Waals surface area contributed by atoms with Crippen LogP contribution in [-0.2, 0) is 0 Å². The second-order valence-electron chi connectivity index (χ2n) is 2.19. The van der Waals surface area contributed by atoms with Crippen LogP contribution in [0.25, 0.3) is 0 Å². The van der Waals surface area contributed by atoms with Gasteiger partial charge in [0.15, 0.2) is 0 Å². The van der Waals surface area contributed by atoms with Crippen LogP contribution in [0.2, 0.25) is 0 Å². The molecule has 0 aromatic heterocycles. The van der Waals surface area contributed by atoms with Gasteiger partial charge in [0.2, 0.25) is 0 Å². The van der Waals surface area contributed by atoms with E-state index in [4.69, 9.17) is 29.4 Å². The van der Waals surface area contributed by atoms with Crippen LogP contribution in [0.3, 0.4) is 0 Å². The van der Waals surface area contributed by atoms with E-state index in [1.165, 1.54) is 0 Å². The maximum Gasteiger partial charge on any atom is 0.403 e. The highest BCUT2D eigenvalue weighted by molar-refractivity contribution is 7.59. The summed E-state index contributed by atoms with van der Waals surface area (Å²) in [6, 6.07) is 0. The first kappa shape index (κ1) is 11.6. The molecule has 0 aliphatic rings. The Morgan fingerprint density at radius 1 is 0.636 bits per heavy atom. The van der Waals surface area contributed by atoms with E-state index in [1.807, 2.05) is 0 Å². The number of rotatable bonds is 4. The normalized spacial score (nSPS) is 13.6. The molecule has 0 atom stereocenters. The zero-order chi connectivity index (χ0) is 9.12. The van der Waals surface area contributed by atoms with Crippen molar-refractivity contribution in [2.75, 3.05) is 12.3 Å². The van der Waals surface area contributed by atoms with E-state index >= 15 is 0 Å². The van der Waals surface area contributed by atoms with E-state index in [-0.39, 0.29) is 18.7 Å². The maximum atomic E-state index is 8.40. The molecule has 0 spiro atoms. The predicted octanol–water partition coefficient (Wildman–Crippen LogP) is -1.14. The van der Waals surface area contributed by atoms with Gasteiger partial charge in [0.1, 0.15) is 12.3 Å². The van der Waals surface area contributed by atoms with Crippen LogP contribution in [0, 0.1) is 0 Å². The zero-order valence-corrected chi connectivity index (χ0v) is 7.49. The van der Waals surface area contributed by atoms with Crippen molar-refractivity contribution in [3.8, 4) is 0 Å². The average molecular weight is 206 g/mol. The molecule has 0 saturated carbocycles. The summed E-state index contributed by atoms with van der Waals surface area (Å²) in [7, 11) is -7.63. The van der Waals surface area contributed by atoms with Crippen molar-refractivity contribution < 1.29 is 29.4 Å². The molecular formula is C3H12O6P2+2. The quantitative estimate of drug-likeness (QED) is 0.323. The third kappa shape index (κ3) is 10.6. The Morgan fingerprint density at radius 2 is 0.909 bits per heavy atom. The van der Waals surface area contributed by atoms with Crippen LogP contribution in [0.5, 0.6) is 0 Å². The number of hydrogen-bond acceptors (Lipinski definition) is 6. The van der Waals surface area contributed by atoms with Gasteiger partial charge in [-0.3, -0.25) is 0 Å². The molecule has 11 heavy (non-hydrogen) atoms. The largest absolute Gasteiger partial charge is 0.403 e. The number of hydrogen-bond donors (Lipinski definition) is 6. The molecule has 0 amide bonds. The molecule has 0 saturated heterocycles. The third-order valence-electron chi connectivity index (χ3n) is 0.916. The van der Waals surface area contributed by atoms with Gasteiger partial charge in [0.05, 0.1) is 0 Å². The molecule has 0 aliphatic heterocycles. The molecular weight excluding hydrogens is 194 g/mol. The Labute approximate surface area is 64.9 Å². The molecule has 0 heterocycles. The van der Waals surface area contributed by atoms with Gasteiger partial charge < -0.3 is 0 Å². The fourth-order valence-corrected chi connectivity index (χ4v) is 1.91. The van der Waals surface area contributed by atoms with Crippen molar-refractivity contribution in [3.63, 3.8) is 0 Å². The Balaban J connectivity index is 3.44. The molecule has 0 fully saturated rings. The molecule has 6 nitrogen and oxygen atoms in total. The fraction of sp³-hybridized carbons (Fsp3) is 1.00. The predicted molar refractivity (Wildman–Crippen MR) is 41.5 cm³/mol. The van der Waals surface area contributed by atoms with Crippen molar-refractivity contribution >= 4 is 15.9 Å². The second kappa shape index (κ2) is 4.03. The van der Waals surface area contributed by atoms with E-state index in [0.717, 1.165) is 0 Å². The minimum Gasteiger partial charge on any atom is -0.193 e. The van der Waals surface area contributed by atoms with Gasteiger partial charge in [-0.2, -0.15) is 29.4 Å². The van der Waals surface area contributed by atoms with E-state index in [1.54, 1.807) is 0 Å². The van der Waals surface area contributed by atoms with Crippen LogP contribution in [0.4, 0.5) is 0 Å². The smallest absolute Gasteiger partial charge is 0.193 e. The standard InChI is InChI=1S/C3H12O6P2/c4-10(5,6)2-1-3-11(7,8)9/h4-9H,1-3H2/q+2. The molecule has 0 aromatic rings. The van der Waals surface area contributed by atoms with Gasteiger partial charge in [-0.05, 0) is 0 Å². The highest BCUT2D eigenvalue weighted by Gasteiger charge is 2.35. The fourth-order valence-electron chi connectivity index (χ4n) is 0.495. The average Bonchev–Trinajstić information content (AvgIpc) is 1.55. The zero-order valence-electron chi connectivity index (χ0n) is 5.70. The van der Waals surface area contributed by atoms with E-state index < -0.39 is 15.9 Å². The summed E-state index contributed by atoms with van der Waals surface area (Å²) >= 11 is 0. The molecule has 0 rings (SSSR count). The molecule has 0 unspecified atom stereocenters. The second-order valence-corrected chi connectivity index (χ2v) is 5.85. The van der Waals surface area contributed by atoms with Gasteiger partial charge in [-0.25, -0.2) is 0 Å². The molecule has 0 radical (unpaired) electrons. The van der Waals surface area contributed by atoms with Crippen LogP contribution in [0.1, 0.15) is 6.42 Å². The lowest BCUT2D eigenvalue weighted by Crippen LogP contribution is -2.01. The Hall–Kier alpha value is 0.620. The molecule has 8 heteroatoms. The summed E-state index contributed by atoms with van der Waals surface area (Å²) in [6.07, 6.45) is -0.679. The summed E-state index contributed by atoms with van der Waals surface area (Å²) < 4.78 is 0. The molecule has 0 aliphatic carbocycles. The molecule has 68 valence electrons. The molecule has 6 N–H and O–H groups in total. The van der Waals surface area contributed by atoms with Crippen molar-refractivity contribution in [1.29, 1.82) is 0 Å². The van der Waals surface area contributed by atoms with Crippen molar-refractivity contribution in [3.05, 3.63) is 0 Å².